The van der Waals surface area contributed by atoms with Gasteiger partial charge in [0.25, 0.3) is 0 Å². The van der Waals surface area contributed by atoms with Gasteiger partial charge in [-0.25, -0.2) is 0 Å². The highest BCUT2D eigenvalue weighted by Crippen LogP contribution is 2.20. The SMILES string of the molecule is CC#CC(C)Cc1ccc(SCCC)cc1. The van der Waals surface area contributed by atoms with Gasteiger partial charge in [0.05, 0.1) is 0 Å². The van der Waals surface area contributed by atoms with E-state index < -0.39 is 0 Å². The fourth-order valence-corrected chi connectivity index (χ4v) is 2.36. The van der Waals surface area contributed by atoms with Crippen molar-refractivity contribution in [2.45, 2.75) is 38.5 Å². The first-order valence-corrected chi connectivity index (χ1v) is 6.88. The minimum atomic E-state index is 0.458. The number of hydrogen-bond donors (Lipinski definition) is 0. The summed E-state index contributed by atoms with van der Waals surface area (Å²) in [4.78, 5) is 1.37. The minimum Gasteiger partial charge on any atom is -0.126 e. The largest absolute Gasteiger partial charge is 0.126 e. The van der Waals surface area contributed by atoms with Crippen molar-refractivity contribution in [1.82, 2.24) is 0 Å². The van der Waals surface area contributed by atoms with Crippen LogP contribution < -0.4 is 0 Å². The lowest BCUT2D eigenvalue weighted by molar-refractivity contribution is 0.749. The van der Waals surface area contributed by atoms with Gasteiger partial charge in [-0.1, -0.05) is 26.0 Å². The van der Waals surface area contributed by atoms with Gasteiger partial charge in [0.2, 0.25) is 0 Å². The molecular weight excluding hydrogens is 212 g/mol. The summed E-state index contributed by atoms with van der Waals surface area (Å²) < 4.78 is 0. The summed E-state index contributed by atoms with van der Waals surface area (Å²) in [6, 6.07) is 8.90. The Bertz CT molecular complexity index is 353. The van der Waals surface area contributed by atoms with Crippen molar-refractivity contribution < 1.29 is 0 Å². The van der Waals surface area contributed by atoms with Crippen molar-refractivity contribution in [3.63, 3.8) is 0 Å². The van der Waals surface area contributed by atoms with Gasteiger partial charge in [-0.15, -0.1) is 23.6 Å². The van der Waals surface area contributed by atoms with E-state index in [0.29, 0.717) is 5.92 Å². The van der Waals surface area contributed by atoms with E-state index in [1.165, 1.54) is 22.6 Å². The van der Waals surface area contributed by atoms with E-state index >= 15 is 0 Å². The van der Waals surface area contributed by atoms with Crippen molar-refractivity contribution >= 4 is 11.8 Å². The van der Waals surface area contributed by atoms with Crippen LogP contribution in [0.5, 0.6) is 0 Å². The average Bonchev–Trinajstić information content (AvgIpc) is 2.28. The van der Waals surface area contributed by atoms with E-state index in [-0.39, 0.29) is 0 Å². The molecule has 0 fully saturated rings. The van der Waals surface area contributed by atoms with Crippen molar-refractivity contribution in [3.05, 3.63) is 29.8 Å². The van der Waals surface area contributed by atoms with Crippen LogP contribution in [0.4, 0.5) is 0 Å². The molecule has 1 heteroatoms. The highest BCUT2D eigenvalue weighted by Gasteiger charge is 2.00. The van der Waals surface area contributed by atoms with Gasteiger partial charge < -0.3 is 0 Å². The van der Waals surface area contributed by atoms with Gasteiger partial charge in [-0.2, -0.15) is 0 Å². The van der Waals surface area contributed by atoms with E-state index in [9.17, 15) is 0 Å². The molecule has 0 aliphatic heterocycles. The standard InChI is InChI=1S/C15H20S/c1-4-6-13(3)12-14-7-9-15(10-8-14)16-11-5-2/h7-10,13H,5,11-12H2,1-3H3. The molecule has 1 atom stereocenters. The molecule has 0 aromatic heterocycles. The first kappa shape index (κ1) is 13.2. The normalized spacial score (nSPS) is 11.7. The molecule has 0 saturated carbocycles. The molecule has 0 nitrogen and oxygen atoms in total. The van der Waals surface area contributed by atoms with Crippen LogP contribution in [0, 0.1) is 17.8 Å². The maximum atomic E-state index is 3.19. The third kappa shape index (κ3) is 4.77. The third-order valence-corrected chi connectivity index (χ3v) is 3.55. The second-order valence-corrected chi connectivity index (χ2v) is 5.16. The zero-order valence-electron chi connectivity index (χ0n) is 10.4. The van der Waals surface area contributed by atoms with Gasteiger partial charge in [0.15, 0.2) is 0 Å². The molecule has 1 aromatic carbocycles. The first-order valence-electron chi connectivity index (χ1n) is 5.90. The Kier molecular flexibility index (Phi) is 6.11. The molecule has 0 saturated heterocycles. The predicted molar refractivity (Wildman–Crippen MR) is 73.8 cm³/mol. The summed E-state index contributed by atoms with van der Waals surface area (Å²) in [7, 11) is 0. The van der Waals surface area contributed by atoms with Crippen LogP contribution in [0.25, 0.3) is 0 Å². The Hall–Kier alpha value is -0.870. The smallest absolute Gasteiger partial charge is 0.0214 e. The first-order chi connectivity index (χ1) is 7.76. The molecule has 0 aliphatic carbocycles. The van der Waals surface area contributed by atoms with Crippen molar-refractivity contribution in [2.24, 2.45) is 5.92 Å². The topological polar surface area (TPSA) is 0 Å². The van der Waals surface area contributed by atoms with Crippen LogP contribution in [-0.2, 0) is 6.42 Å². The summed E-state index contributed by atoms with van der Waals surface area (Å²) >= 11 is 1.93. The lowest BCUT2D eigenvalue weighted by Crippen LogP contribution is -1.96. The molecular formula is C15H20S. The van der Waals surface area contributed by atoms with E-state index in [1.807, 2.05) is 18.7 Å². The summed E-state index contributed by atoms with van der Waals surface area (Å²) in [5.74, 6) is 7.82. The van der Waals surface area contributed by atoms with Crippen molar-refractivity contribution in [1.29, 1.82) is 0 Å². The zero-order valence-corrected chi connectivity index (χ0v) is 11.2. The summed E-state index contributed by atoms with van der Waals surface area (Å²) in [6.45, 7) is 6.30. The molecule has 0 radical (unpaired) electrons. The molecule has 0 heterocycles. The lowest BCUT2D eigenvalue weighted by atomic mass is 10.0. The second kappa shape index (κ2) is 7.41. The van der Waals surface area contributed by atoms with Crippen LogP contribution >= 0.6 is 11.8 Å². The molecule has 0 spiro atoms. The van der Waals surface area contributed by atoms with Crippen molar-refractivity contribution in [2.75, 3.05) is 5.75 Å². The quantitative estimate of drug-likeness (QED) is 0.536. The van der Waals surface area contributed by atoms with Gasteiger partial charge >= 0.3 is 0 Å². The van der Waals surface area contributed by atoms with Crippen LogP contribution in [0.2, 0.25) is 0 Å². The summed E-state index contributed by atoms with van der Waals surface area (Å²) in [6.07, 6.45) is 2.29. The highest BCUT2D eigenvalue weighted by atomic mass is 32.2. The Balaban J connectivity index is 2.53. The van der Waals surface area contributed by atoms with Crippen LogP contribution in [0.3, 0.4) is 0 Å². The number of hydrogen-bond acceptors (Lipinski definition) is 1. The van der Waals surface area contributed by atoms with Gasteiger partial charge in [0, 0.05) is 10.8 Å². The Morgan fingerprint density at radius 1 is 1.25 bits per heavy atom. The Morgan fingerprint density at radius 3 is 2.50 bits per heavy atom. The lowest BCUT2D eigenvalue weighted by Gasteiger charge is -2.05. The summed E-state index contributed by atoms with van der Waals surface area (Å²) in [5.41, 5.74) is 1.39. The number of thioether (sulfide) groups is 1. The molecule has 16 heavy (non-hydrogen) atoms. The monoisotopic (exact) mass is 232 g/mol. The molecule has 86 valence electrons. The van der Waals surface area contributed by atoms with Gasteiger partial charge in [0.1, 0.15) is 0 Å². The average molecular weight is 232 g/mol. The molecule has 0 aliphatic rings. The molecule has 1 unspecified atom stereocenters. The predicted octanol–water partition coefficient (Wildman–Crippen LogP) is 4.39. The minimum absolute atomic E-state index is 0.458. The maximum absolute atomic E-state index is 3.19. The van der Waals surface area contributed by atoms with E-state index in [0.717, 1.165) is 6.42 Å². The van der Waals surface area contributed by atoms with Crippen molar-refractivity contribution in [3.8, 4) is 11.8 Å². The molecule has 0 amide bonds. The van der Waals surface area contributed by atoms with E-state index in [2.05, 4.69) is 50.0 Å². The molecule has 1 aromatic rings. The molecule has 0 bridgehead atoms. The number of benzene rings is 1. The van der Waals surface area contributed by atoms with Crippen LogP contribution in [0.15, 0.2) is 29.2 Å². The fraction of sp³-hybridized carbons (Fsp3) is 0.467. The summed E-state index contributed by atoms with van der Waals surface area (Å²) in [5, 5.41) is 0. The highest BCUT2D eigenvalue weighted by molar-refractivity contribution is 7.99. The van der Waals surface area contributed by atoms with E-state index in [4.69, 9.17) is 0 Å². The Labute approximate surface area is 104 Å². The molecule has 1 rings (SSSR count). The van der Waals surface area contributed by atoms with Gasteiger partial charge in [-0.3, -0.25) is 0 Å². The third-order valence-electron chi connectivity index (χ3n) is 2.33. The maximum Gasteiger partial charge on any atom is 0.0214 e. The fourth-order valence-electron chi connectivity index (χ4n) is 1.59. The zero-order chi connectivity index (χ0) is 11.8. The second-order valence-electron chi connectivity index (χ2n) is 3.99. The number of rotatable bonds is 5. The van der Waals surface area contributed by atoms with Crippen LogP contribution in [-0.4, -0.2) is 5.75 Å². The Morgan fingerprint density at radius 2 is 1.94 bits per heavy atom. The van der Waals surface area contributed by atoms with Gasteiger partial charge in [-0.05, 0) is 43.2 Å². The van der Waals surface area contributed by atoms with E-state index in [1.54, 1.807) is 0 Å². The van der Waals surface area contributed by atoms with Crippen LogP contribution in [0.1, 0.15) is 32.8 Å². The molecule has 0 N–H and O–H groups in total.